The second kappa shape index (κ2) is 12.1. The summed E-state index contributed by atoms with van der Waals surface area (Å²) in [7, 11) is 0. The molecule has 2 aromatic carbocycles. The first-order chi connectivity index (χ1) is 16.6. The van der Waals surface area contributed by atoms with Crippen molar-refractivity contribution in [2.24, 2.45) is 17.8 Å². The summed E-state index contributed by atoms with van der Waals surface area (Å²) in [6, 6.07) is 10.9. The molecule has 4 unspecified atom stereocenters. The van der Waals surface area contributed by atoms with Crippen LogP contribution in [0, 0.1) is 29.4 Å². The quantitative estimate of drug-likeness (QED) is 0.256. The van der Waals surface area contributed by atoms with Crippen molar-refractivity contribution in [3.05, 3.63) is 71.3 Å². The van der Waals surface area contributed by atoms with E-state index in [9.17, 15) is 0 Å². The number of rotatable bonds is 9. The fourth-order valence-electron chi connectivity index (χ4n) is 6.59. The average Bonchev–Trinajstić information content (AvgIpc) is 2.84. The molecule has 184 valence electrons. The van der Waals surface area contributed by atoms with Crippen LogP contribution >= 0.6 is 0 Å². The first-order valence-electron chi connectivity index (χ1n) is 13.8. The molecule has 0 saturated heterocycles. The first-order valence-corrected chi connectivity index (χ1v) is 13.8. The molecule has 0 aromatic heterocycles. The largest absolute Gasteiger partial charge is 0.206 e. The van der Waals surface area contributed by atoms with Crippen molar-refractivity contribution < 1.29 is 8.78 Å². The molecule has 0 radical (unpaired) electrons. The van der Waals surface area contributed by atoms with Gasteiger partial charge < -0.3 is 0 Å². The predicted octanol–water partition coefficient (Wildman–Crippen LogP) is 10.0. The van der Waals surface area contributed by atoms with Crippen LogP contribution in [0.5, 0.6) is 0 Å². The lowest BCUT2D eigenvalue weighted by Gasteiger charge is -2.42. The molecule has 2 aromatic rings. The number of fused-ring (bicyclic) bond motifs is 1. The molecule has 2 aliphatic rings. The van der Waals surface area contributed by atoms with Crippen LogP contribution in [0.3, 0.4) is 0 Å². The van der Waals surface area contributed by atoms with Gasteiger partial charge in [-0.15, -0.1) is 0 Å². The van der Waals surface area contributed by atoms with Crippen molar-refractivity contribution in [1.82, 2.24) is 0 Å². The van der Waals surface area contributed by atoms with Crippen LogP contribution in [0.2, 0.25) is 0 Å². The molecule has 0 spiro atoms. The first kappa shape index (κ1) is 25.1. The van der Waals surface area contributed by atoms with E-state index in [1.807, 2.05) is 37.3 Å². The molecular formula is C32H42F2. The standard InChI is InChI=1S/C32H42F2/c1-3-5-7-9-23-11-14-25(15-12-23)32-30(33)21-29(22-31(32)34)28-18-17-26-19-24(10-8-6-4-2)13-16-27(26)20-28/h3,5,11-12,14-15,21-22,24,26-28H,4,6-10,13,16-20H2,1-2H3. The third-order valence-electron chi connectivity index (χ3n) is 8.55. The molecule has 2 saturated carbocycles. The topological polar surface area (TPSA) is 0 Å². The van der Waals surface area contributed by atoms with Crippen LogP contribution in [0.4, 0.5) is 8.78 Å². The SMILES string of the molecule is CC=CCCc1ccc(-c2c(F)cc(C3CCC4CC(CCCCC)CCC4C3)cc2F)cc1. The smallest absolute Gasteiger partial charge is 0.134 e. The van der Waals surface area contributed by atoms with E-state index in [-0.39, 0.29) is 5.56 Å². The fourth-order valence-corrected chi connectivity index (χ4v) is 6.59. The Morgan fingerprint density at radius 1 is 0.882 bits per heavy atom. The molecule has 0 nitrogen and oxygen atoms in total. The van der Waals surface area contributed by atoms with E-state index in [1.165, 1.54) is 56.9 Å². The van der Waals surface area contributed by atoms with Gasteiger partial charge in [-0.2, -0.15) is 0 Å². The van der Waals surface area contributed by atoms with E-state index in [4.69, 9.17) is 0 Å². The highest BCUT2D eigenvalue weighted by molar-refractivity contribution is 5.65. The molecule has 2 heteroatoms. The normalized spacial score (nSPS) is 24.9. The van der Waals surface area contributed by atoms with E-state index in [2.05, 4.69) is 13.0 Å². The second-order valence-electron chi connectivity index (χ2n) is 10.9. The van der Waals surface area contributed by atoms with Crippen molar-refractivity contribution in [3.8, 4) is 11.1 Å². The Balaban J connectivity index is 1.40. The maximum absolute atomic E-state index is 15.2. The predicted molar refractivity (Wildman–Crippen MR) is 140 cm³/mol. The van der Waals surface area contributed by atoms with E-state index in [0.717, 1.165) is 49.0 Å². The van der Waals surface area contributed by atoms with Gasteiger partial charge in [0.25, 0.3) is 0 Å². The molecule has 4 atom stereocenters. The van der Waals surface area contributed by atoms with Gasteiger partial charge in [0, 0.05) is 0 Å². The summed E-state index contributed by atoms with van der Waals surface area (Å²) in [5.41, 5.74) is 2.80. The highest BCUT2D eigenvalue weighted by atomic mass is 19.1. The van der Waals surface area contributed by atoms with E-state index >= 15 is 8.78 Å². The maximum atomic E-state index is 15.2. The second-order valence-corrected chi connectivity index (χ2v) is 10.9. The van der Waals surface area contributed by atoms with Gasteiger partial charge in [-0.1, -0.05) is 75.4 Å². The number of aryl methyl sites for hydroxylation is 1. The zero-order chi connectivity index (χ0) is 23.9. The summed E-state index contributed by atoms with van der Waals surface area (Å²) in [5, 5.41) is 0. The molecule has 34 heavy (non-hydrogen) atoms. The van der Waals surface area contributed by atoms with Gasteiger partial charge >= 0.3 is 0 Å². The zero-order valence-electron chi connectivity index (χ0n) is 21.2. The van der Waals surface area contributed by atoms with Crippen LogP contribution in [0.15, 0.2) is 48.6 Å². The third kappa shape index (κ3) is 6.18. The van der Waals surface area contributed by atoms with Gasteiger partial charge in [0.2, 0.25) is 0 Å². The molecule has 0 aliphatic heterocycles. The van der Waals surface area contributed by atoms with Gasteiger partial charge in [0.05, 0.1) is 5.56 Å². The number of allylic oxidation sites excluding steroid dienone is 2. The minimum atomic E-state index is -0.418. The Morgan fingerprint density at radius 3 is 2.29 bits per heavy atom. The Labute approximate surface area is 205 Å². The summed E-state index contributed by atoms with van der Waals surface area (Å²) >= 11 is 0. The summed E-state index contributed by atoms with van der Waals surface area (Å²) in [6.45, 7) is 4.30. The van der Waals surface area contributed by atoms with Crippen LogP contribution in [0.25, 0.3) is 11.1 Å². The third-order valence-corrected chi connectivity index (χ3v) is 8.55. The average molecular weight is 465 g/mol. The summed E-state index contributed by atoms with van der Waals surface area (Å²) in [4.78, 5) is 0. The van der Waals surface area contributed by atoms with Crippen molar-refractivity contribution in [2.75, 3.05) is 0 Å². The molecule has 4 rings (SSSR count). The number of halogens is 2. The monoisotopic (exact) mass is 464 g/mol. The molecule has 0 bridgehead atoms. The fraction of sp³-hybridized carbons (Fsp3) is 0.562. The van der Waals surface area contributed by atoms with Gasteiger partial charge in [0.15, 0.2) is 0 Å². The van der Waals surface area contributed by atoms with Gasteiger partial charge in [-0.3, -0.25) is 0 Å². The number of hydrogen-bond acceptors (Lipinski definition) is 0. The zero-order valence-corrected chi connectivity index (χ0v) is 21.2. The number of hydrogen-bond donors (Lipinski definition) is 0. The van der Waals surface area contributed by atoms with Crippen LogP contribution in [-0.2, 0) is 6.42 Å². The van der Waals surface area contributed by atoms with Crippen molar-refractivity contribution in [1.29, 1.82) is 0 Å². The lowest BCUT2D eigenvalue weighted by atomic mass is 9.63. The van der Waals surface area contributed by atoms with Crippen molar-refractivity contribution in [3.63, 3.8) is 0 Å². The summed E-state index contributed by atoms with van der Waals surface area (Å²) in [6.07, 6.45) is 19.0. The van der Waals surface area contributed by atoms with E-state index < -0.39 is 11.6 Å². The van der Waals surface area contributed by atoms with E-state index in [1.54, 1.807) is 12.1 Å². The van der Waals surface area contributed by atoms with E-state index in [0.29, 0.717) is 11.5 Å². The summed E-state index contributed by atoms with van der Waals surface area (Å²) in [5.74, 6) is 1.94. The van der Waals surface area contributed by atoms with Crippen molar-refractivity contribution >= 4 is 0 Å². The maximum Gasteiger partial charge on any atom is 0.134 e. The van der Waals surface area contributed by atoms with Gasteiger partial charge in [-0.05, 0) is 104 Å². The molecular weight excluding hydrogens is 422 g/mol. The Kier molecular flexibility index (Phi) is 8.98. The van der Waals surface area contributed by atoms with Crippen LogP contribution in [-0.4, -0.2) is 0 Å². The molecule has 0 N–H and O–H groups in total. The minimum Gasteiger partial charge on any atom is -0.206 e. The molecule has 0 amide bonds. The van der Waals surface area contributed by atoms with Crippen LogP contribution in [0.1, 0.15) is 102 Å². The summed E-state index contributed by atoms with van der Waals surface area (Å²) < 4.78 is 30.4. The lowest BCUT2D eigenvalue weighted by Crippen LogP contribution is -2.30. The minimum absolute atomic E-state index is 0.116. The Hall–Kier alpha value is -1.96. The molecule has 2 aliphatic carbocycles. The van der Waals surface area contributed by atoms with Crippen molar-refractivity contribution in [2.45, 2.75) is 96.8 Å². The van der Waals surface area contributed by atoms with Gasteiger partial charge in [0.1, 0.15) is 11.6 Å². The number of unbranched alkanes of at least 4 members (excludes halogenated alkanes) is 2. The Morgan fingerprint density at radius 2 is 1.59 bits per heavy atom. The molecule has 0 heterocycles. The highest BCUT2D eigenvalue weighted by Crippen LogP contribution is 2.49. The number of benzene rings is 2. The molecule has 2 fully saturated rings. The lowest BCUT2D eigenvalue weighted by molar-refractivity contribution is 0.113. The van der Waals surface area contributed by atoms with Crippen LogP contribution < -0.4 is 0 Å². The Bertz CT molecular complexity index is 919. The van der Waals surface area contributed by atoms with Gasteiger partial charge in [-0.25, -0.2) is 8.78 Å². The highest BCUT2D eigenvalue weighted by Gasteiger charge is 2.36.